The van der Waals surface area contributed by atoms with E-state index in [1.54, 1.807) is 54.6 Å². The number of rotatable bonds is 8. The predicted molar refractivity (Wildman–Crippen MR) is 132 cm³/mol. The topological polar surface area (TPSA) is 117 Å². The average molecular weight is 505 g/mol. The third-order valence-corrected chi connectivity index (χ3v) is 6.35. The van der Waals surface area contributed by atoms with Gasteiger partial charge in [-0.15, -0.1) is 0 Å². The molecule has 0 aliphatic carbocycles. The van der Waals surface area contributed by atoms with Gasteiger partial charge in [0.2, 0.25) is 6.79 Å². The Labute approximate surface area is 209 Å². The van der Waals surface area contributed by atoms with Gasteiger partial charge in [-0.3, -0.25) is 4.79 Å². The zero-order valence-electron chi connectivity index (χ0n) is 19.3. The van der Waals surface area contributed by atoms with Gasteiger partial charge in [0.05, 0.1) is 31.5 Å². The molecule has 1 aromatic heterocycles. The molecule has 0 saturated heterocycles. The van der Waals surface area contributed by atoms with Crippen LogP contribution in [0.15, 0.2) is 60.2 Å². The van der Waals surface area contributed by atoms with Gasteiger partial charge >= 0.3 is 5.97 Å². The third kappa shape index (κ3) is 4.34. The van der Waals surface area contributed by atoms with Crippen molar-refractivity contribution < 1.29 is 33.6 Å². The quantitative estimate of drug-likeness (QED) is 0.275. The Hall–Kier alpha value is -4.44. The molecule has 5 rings (SSSR count). The average Bonchev–Trinajstić information content (AvgIpc) is 3.56. The molecule has 4 aromatic rings. The van der Waals surface area contributed by atoms with Gasteiger partial charge in [-0.2, -0.15) is 8.75 Å². The Morgan fingerprint density at radius 1 is 0.889 bits per heavy atom. The van der Waals surface area contributed by atoms with E-state index in [4.69, 9.17) is 18.9 Å². The van der Waals surface area contributed by atoms with E-state index in [-0.39, 0.29) is 29.9 Å². The summed E-state index contributed by atoms with van der Waals surface area (Å²) in [6.07, 6.45) is 0.0304. The Balaban J connectivity index is 1.67. The highest BCUT2D eigenvalue weighted by molar-refractivity contribution is 7.00. The van der Waals surface area contributed by atoms with Crippen LogP contribution in [-0.4, -0.2) is 46.6 Å². The SMILES string of the molecule is COc1ccc(CC(C(=O)c2ccc3c(c2)OCO3)=C(C(=O)O)c2ccc3nsnc3c2)cc1OC. The summed E-state index contributed by atoms with van der Waals surface area (Å²) in [6.45, 7) is 0.0589. The van der Waals surface area contributed by atoms with E-state index < -0.39 is 11.8 Å². The Morgan fingerprint density at radius 3 is 2.42 bits per heavy atom. The molecule has 1 aliphatic rings. The third-order valence-electron chi connectivity index (χ3n) is 5.80. The summed E-state index contributed by atoms with van der Waals surface area (Å²) in [5.41, 5.74) is 2.48. The van der Waals surface area contributed by atoms with Crippen LogP contribution in [0.4, 0.5) is 0 Å². The van der Waals surface area contributed by atoms with Gasteiger partial charge in [-0.25, -0.2) is 4.79 Å². The second-order valence-corrected chi connectivity index (χ2v) is 8.42. The van der Waals surface area contributed by atoms with Crippen molar-refractivity contribution in [3.8, 4) is 23.0 Å². The molecule has 10 heteroatoms. The van der Waals surface area contributed by atoms with Gasteiger partial charge in [-0.05, 0) is 53.6 Å². The van der Waals surface area contributed by atoms with Crippen LogP contribution in [0.5, 0.6) is 23.0 Å². The van der Waals surface area contributed by atoms with Gasteiger partial charge in [0, 0.05) is 17.6 Å². The Bertz CT molecular complexity index is 1530. The van der Waals surface area contributed by atoms with Crippen molar-refractivity contribution in [2.45, 2.75) is 6.42 Å². The zero-order chi connectivity index (χ0) is 25.2. The lowest BCUT2D eigenvalue weighted by atomic mass is 9.89. The molecule has 36 heavy (non-hydrogen) atoms. The maximum absolute atomic E-state index is 13.9. The first-order chi connectivity index (χ1) is 17.5. The lowest BCUT2D eigenvalue weighted by Crippen LogP contribution is -2.14. The maximum atomic E-state index is 13.9. The van der Waals surface area contributed by atoms with Crippen LogP contribution in [0.1, 0.15) is 21.5 Å². The number of carbonyl (C=O) groups excluding carboxylic acids is 1. The molecule has 182 valence electrons. The monoisotopic (exact) mass is 504 g/mol. The first kappa shape index (κ1) is 23.3. The van der Waals surface area contributed by atoms with Crippen LogP contribution < -0.4 is 18.9 Å². The minimum atomic E-state index is -1.23. The first-order valence-corrected chi connectivity index (χ1v) is 11.6. The molecule has 0 unspecified atom stereocenters. The molecule has 0 fully saturated rings. The van der Waals surface area contributed by atoms with E-state index >= 15 is 0 Å². The molecule has 0 spiro atoms. The number of carboxylic acid groups (broad SMARTS) is 1. The molecule has 0 atom stereocenters. The van der Waals surface area contributed by atoms with Crippen LogP contribution in [0.2, 0.25) is 0 Å². The number of allylic oxidation sites excluding steroid dienone is 1. The summed E-state index contributed by atoms with van der Waals surface area (Å²) in [4.78, 5) is 26.5. The molecule has 3 aromatic carbocycles. The number of Topliss-reactive ketones (excluding diaryl/α,β-unsaturated/α-hetero) is 1. The smallest absolute Gasteiger partial charge is 0.336 e. The number of carbonyl (C=O) groups is 2. The number of ketones is 1. The van der Waals surface area contributed by atoms with Gasteiger partial charge in [0.1, 0.15) is 11.0 Å². The van der Waals surface area contributed by atoms with Crippen LogP contribution in [0.25, 0.3) is 16.6 Å². The first-order valence-electron chi connectivity index (χ1n) is 10.8. The minimum absolute atomic E-state index is 0.0304. The Kier molecular flexibility index (Phi) is 6.26. The largest absolute Gasteiger partial charge is 0.493 e. The molecule has 1 N–H and O–H groups in total. The zero-order valence-corrected chi connectivity index (χ0v) is 20.1. The molecule has 0 amide bonds. The van der Waals surface area contributed by atoms with Crippen molar-refractivity contribution in [2.24, 2.45) is 0 Å². The van der Waals surface area contributed by atoms with Crippen molar-refractivity contribution >= 4 is 40.1 Å². The van der Waals surface area contributed by atoms with Crippen LogP contribution >= 0.6 is 11.7 Å². The molecule has 0 saturated carbocycles. The summed E-state index contributed by atoms with van der Waals surface area (Å²) < 4.78 is 29.9. The highest BCUT2D eigenvalue weighted by Gasteiger charge is 2.26. The molecule has 9 nitrogen and oxygen atoms in total. The Morgan fingerprint density at radius 2 is 1.64 bits per heavy atom. The minimum Gasteiger partial charge on any atom is -0.493 e. The van der Waals surface area contributed by atoms with Gasteiger partial charge in [0.25, 0.3) is 0 Å². The van der Waals surface area contributed by atoms with Crippen LogP contribution in [0.3, 0.4) is 0 Å². The van der Waals surface area contributed by atoms with E-state index in [2.05, 4.69) is 8.75 Å². The summed E-state index contributed by atoms with van der Waals surface area (Å²) in [6, 6.07) is 14.9. The summed E-state index contributed by atoms with van der Waals surface area (Å²) in [5, 5.41) is 10.3. The number of hydrogen-bond acceptors (Lipinski definition) is 9. The molecular formula is C26H20N2O7S. The number of fused-ring (bicyclic) bond motifs is 2. The van der Waals surface area contributed by atoms with E-state index in [0.29, 0.717) is 45.2 Å². The molecule has 0 radical (unpaired) electrons. The van der Waals surface area contributed by atoms with Crippen molar-refractivity contribution in [3.05, 3.63) is 76.9 Å². The fourth-order valence-corrected chi connectivity index (χ4v) is 4.57. The summed E-state index contributed by atoms with van der Waals surface area (Å²) in [7, 11) is 3.04. The number of benzene rings is 3. The van der Waals surface area contributed by atoms with Gasteiger partial charge < -0.3 is 24.1 Å². The van der Waals surface area contributed by atoms with Crippen LogP contribution in [0, 0.1) is 0 Å². The van der Waals surface area contributed by atoms with Crippen molar-refractivity contribution in [3.63, 3.8) is 0 Å². The molecule has 1 aliphatic heterocycles. The predicted octanol–water partition coefficient (Wildman–Crippen LogP) is 4.40. The summed E-state index contributed by atoms with van der Waals surface area (Å²) >= 11 is 1.03. The van der Waals surface area contributed by atoms with Crippen molar-refractivity contribution in [2.75, 3.05) is 21.0 Å². The number of aliphatic carboxylic acids is 1. The standard InChI is InChI=1S/C26H20N2O7S/c1-32-20-7-3-14(10-22(20)33-2)9-17(25(29)16-5-8-21-23(12-16)35-13-34-21)24(26(30)31)15-4-6-18-19(11-15)28-36-27-18/h3-8,10-12H,9,13H2,1-2H3,(H,30,31). The van der Waals surface area contributed by atoms with Crippen molar-refractivity contribution in [1.82, 2.24) is 8.75 Å². The number of ether oxygens (including phenoxy) is 4. The molecular weight excluding hydrogens is 484 g/mol. The number of aromatic nitrogens is 2. The molecule has 0 bridgehead atoms. The second-order valence-electron chi connectivity index (χ2n) is 7.89. The molecule has 2 heterocycles. The van der Waals surface area contributed by atoms with E-state index in [1.807, 2.05) is 0 Å². The highest BCUT2D eigenvalue weighted by Crippen LogP contribution is 2.35. The van der Waals surface area contributed by atoms with Crippen molar-refractivity contribution in [1.29, 1.82) is 0 Å². The summed E-state index contributed by atoms with van der Waals surface area (Å²) in [5.74, 6) is 0.264. The van der Waals surface area contributed by atoms with E-state index in [0.717, 1.165) is 11.7 Å². The fraction of sp³-hybridized carbons (Fsp3) is 0.154. The lowest BCUT2D eigenvalue weighted by Gasteiger charge is -2.15. The van der Waals surface area contributed by atoms with Crippen LogP contribution in [-0.2, 0) is 11.2 Å². The van der Waals surface area contributed by atoms with E-state index in [9.17, 15) is 14.7 Å². The van der Waals surface area contributed by atoms with Gasteiger partial charge in [0.15, 0.2) is 28.8 Å². The lowest BCUT2D eigenvalue weighted by molar-refractivity contribution is -0.130. The number of methoxy groups -OCH3 is 2. The number of carboxylic acids is 1. The van der Waals surface area contributed by atoms with E-state index in [1.165, 1.54) is 14.2 Å². The fourth-order valence-electron chi connectivity index (χ4n) is 4.05. The second kappa shape index (κ2) is 9.67. The number of nitrogens with zero attached hydrogens (tertiary/aromatic N) is 2. The number of hydrogen-bond donors (Lipinski definition) is 1. The highest BCUT2D eigenvalue weighted by atomic mass is 32.1. The van der Waals surface area contributed by atoms with Gasteiger partial charge in [-0.1, -0.05) is 12.1 Å². The maximum Gasteiger partial charge on any atom is 0.336 e. The normalized spacial score (nSPS) is 12.8.